The highest BCUT2D eigenvalue weighted by atomic mass is 16.5. The molecule has 2 aromatic rings. The van der Waals surface area contributed by atoms with E-state index in [-0.39, 0.29) is 30.6 Å². The Bertz CT molecular complexity index is 924. The van der Waals surface area contributed by atoms with Crippen LogP contribution < -0.4 is 4.74 Å². The summed E-state index contributed by atoms with van der Waals surface area (Å²) in [5.74, 6) is -1.03. The number of hydrogen-bond acceptors (Lipinski definition) is 6. The van der Waals surface area contributed by atoms with Crippen LogP contribution in [0.1, 0.15) is 31.0 Å². The topological polar surface area (TPSA) is 89.0 Å². The first-order valence-corrected chi connectivity index (χ1v) is 9.38. The molecule has 7 nitrogen and oxygen atoms in total. The van der Waals surface area contributed by atoms with Gasteiger partial charge in [-0.1, -0.05) is 12.1 Å². The van der Waals surface area contributed by atoms with Crippen LogP contribution in [0.2, 0.25) is 0 Å². The summed E-state index contributed by atoms with van der Waals surface area (Å²) in [5.41, 5.74) is 1.13. The van der Waals surface area contributed by atoms with E-state index in [1.54, 1.807) is 43.5 Å². The molecule has 1 aliphatic heterocycles. The van der Waals surface area contributed by atoms with Crippen LogP contribution in [-0.4, -0.2) is 53.0 Å². The molecule has 1 atom stereocenters. The monoisotopic (exact) mass is 396 g/mol. The number of likely N-dealkylation sites (tertiary alicyclic amines) is 1. The molecule has 1 N–H and O–H groups in total. The van der Waals surface area contributed by atoms with Gasteiger partial charge in [0.15, 0.2) is 0 Å². The van der Waals surface area contributed by atoms with Gasteiger partial charge in [0.2, 0.25) is 0 Å². The highest BCUT2D eigenvalue weighted by Crippen LogP contribution is 2.39. The fourth-order valence-corrected chi connectivity index (χ4v) is 3.32. The summed E-state index contributed by atoms with van der Waals surface area (Å²) in [6.45, 7) is 4.30. The summed E-state index contributed by atoms with van der Waals surface area (Å²) in [5, 5.41) is 10.9. The van der Waals surface area contributed by atoms with Crippen molar-refractivity contribution in [1.29, 1.82) is 0 Å². The van der Waals surface area contributed by atoms with Crippen LogP contribution in [0.3, 0.4) is 0 Å². The molecule has 1 fully saturated rings. The van der Waals surface area contributed by atoms with Crippen LogP contribution in [-0.2, 0) is 14.3 Å². The number of hydrogen-bond donors (Lipinski definition) is 1. The van der Waals surface area contributed by atoms with Crippen molar-refractivity contribution < 1.29 is 24.2 Å². The molecule has 0 saturated carbocycles. The second-order valence-electron chi connectivity index (χ2n) is 6.92. The Morgan fingerprint density at radius 2 is 1.93 bits per heavy atom. The molecule has 7 heteroatoms. The third-order valence-corrected chi connectivity index (χ3v) is 4.69. The van der Waals surface area contributed by atoms with Crippen molar-refractivity contribution in [2.45, 2.75) is 26.0 Å². The lowest BCUT2D eigenvalue weighted by molar-refractivity contribution is -0.140. The number of benzene rings is 1. The molecule has 0 aliphatic carbocycles. The standard InChI is InChI=1S/C22H24N2O5/c1-14(2)29-12-11-24-19(16-5-4-6-17(13-16)28-3)18(21(26)22(24)27)20(25)15-7-9-23-10-8-15/h4-10,13-14,19,25H,11-12H2,1-3H3/b20-18-. The fraction of sp³-hybridized carbons (Fsp3) is 0.318. The zero-order chi connectivity index (χ0) is 21.0. The quantitative estimate of drug-likeness (QED) is 0.440. The minimum Gasteiger partial charge on any atom is -0.507 e. The molecule has 1 aromatic heterocycles. The number of amides is 1. The van der Waals surface area contributed by atoms with Gasteiger partial charge >= 0.3 is 0 Å². The van der Waals surface area contributed by atoms with E-state index in [4.69, 9.17) is 9.47 Å². The third-order valence-electron chi connectivity index (χ3n) is 4.69. The average molecular weight is 396 g/mol. The van der Waals surface area contributed by atoms with E-state index < -0.39 is 17.7 Å². The van der Waals surface area contributed by atoms with E-state index in [1.165, 1.54) is 17.3 Å². The number of carbonyl (C=O) groups excluding carboxylic acids is 2. The molecule has 1 aliphatic rings. The summed E-state index contributed by atoms with van der Waals surface area (Å²) < 4.78 is 10.9. The first kappa shape index (κ1) is 20.5. The van der Waals surface area contributed by atoms with E-state index in [2.05, 4.69) is 4.98 Å². The number of methoxy groups -OCH3 is 1. The van der Waals surface area contributed by atoms with E-state index >= 15 is 0 Å². The summed E-state index contributed by atoms with van der Waals surface area (Å²) in [4.78, 5) is 31.0. The molecule has 1 saturated heterocycles. The Morgan fingerprint density at radius 1 is 1.21 bits per heavy atom. The van der Waals surface area contributed by atoms with Crippen molar-refractivity contribution in [3.05, 3.63) is 65.5 Å². The number of aliphatic hydroxyl groups excluding tert-OH is 1. The molecule has 152 valence electrons. The van der Waals surface area contributed by atoms with Gasteiger partial charge < -0.3 is 19.5 Å². The third kappa shape index (κ3) is 4.30. The van der Waals surface area contributed by atoms with Crippen molar-refractivity contribution in [3.63, 3.8) is 0 Å². The van der Waals surface area contributed by atoms with Crippen molar-refractivity contribution in [2.75, 3.05) is 20.3 Å². The normalized spacial score (nSPS) is 18.5. The van der Waals surface area contributed by atoms with Gasteiger partial charge in [-0.2, -0.15) is 0 Å². The molecule has 2 heterocycles. The smallest absolute Gasteiger partial charge is 0.295 e. The molecule has 0 radical (unpaired) electrons. The van der Waals surface area contributed by atoms with E-state index in [0.29, 0.717) is 16.9 Å². The van der Waals surface area contributed by atoms with Crippen LogP contribution in [0.25, 0.3) is 5.76 Å². The minimum atomic E-state index is -0.742. The maximum Gasteiger partial charge on any atom is 0.295 e. The van der Waals surface area contributed by atoms with Crippen LogP contribution in [0, 0.1) is 0 Å². The number of pyridine rings is 1. The molecule has 1 unspecified atom stereocenters. The first-order chi connectivity index (χ1) is 13.9. The average Bonchev–Trinajstić information content (AvgIpc) is 2.98. The van der Waals surface area contributed by atoms with Gasteiger partial charge in [-0.3, -0.25) is 14.6 Å². The maximum atomic E-state index is 12.9. The van der Waals surface area contributed by atoms with Crippen LogP contribution in [0.15, 0.2) is 54.4 Å². The van der Waals surface area contributed by atoms with Crippen LogP contribution in [0.5, 0.6) is 5.75 Å². The highest BCUT2D eigenvalue weighted by molar-refractivity contribution is 6.46. The molecule has 1 amide bonds. The van der Waals surface area contributed by atoms with Crippen molar-refractivity contribution in [2.24, 2.45) is 0 Å². The van der Waals surface area contributed by atoms with Gasteiger partial charge in [0, 0.05) is 24.5 Å². The summed E-state index contributed by atoms with van der Waals surface area (Å²) in [7, 11) is 1.55. The number of ketones is 1. The Hall–Kier alpha value is -3.19. The Kier molecular flexibility index (Phi) is 6.29. The molecule has 0 bridgehead atoms. The highest BCUT2D eigenvalue weighted by Gasteiger charge is 2.46. The maximum absolute atomic E-state index is 12.9. The van der Waals surface area contributed by atoms with Crippen molar-refractivity contribution >= 4 is 17.4 Å². The largest absolute Gasteiger partial charge is 0.507 e. The summed E-state index contributed by atoms with van der Waals surface area (Å²) >= 11 is 0. The molecule has 0 spiro atoms. The molecule has 1 aromatic carbocycles. The lowest BCUT2D eigenvalue weighted by Crippen LogP contribution is -2.33. The van der Waals surface area contributed by atoms with E-state index in [9.17, 15) is 14.7 Å². The fourth-order valence-electron chi connectivity index (χ4n) is 3.32. The predicted molar refractivity (Wildman–Crippen MR) is 107 cm³/mol. The Labute approximate surface area is 169 Å². The van der Waals surface area contributed by atoms with Crippen LogP contribution >= 0.6 is 0 Å². The predicted octanol–water partition coefficient (Wildman–Crippen LogP) is 2.94. The molecule has 3 rings (SSSR count). The minimum absolute atomic E-state index is 0.00101. The Morgan fingerprint density at radius 3 is 2.59 bits per heavy atom. The first-order valence-electron chi connectivity index (χ1n) is 9.38. The van der Waals surface area contributed by atoms with Gasteiger partial charge in [-0.15, -0.1) is 0 Å². The lowest BCUT2D eigenvalue weighted by Gasteiger charge is -2.26. The van der Waals surface area contributed by atoms with Crippen molar-refractivity contribution in [1.82, 2.24) is 9.88 Å². The number of Topliss-reactive ketones (excluding diaryl/α,β-unsaturated/α-hetero) is 1. The van der Waals surface area contributed by atoms with Crippen LogP contribution in [0.4, 0.5) is 0 Å². The molecule has 29 heavy (non-hydrogen) atoms. The summed E-state index contributed by atoms with van der Waals surface area (Å²) in [6, 6.07) is 9.56. The SMILES string of the molecule is COc1cccc(C2/C(=C(/O)c3ccncc3)C(=O)C(=O)N2CCOC(C)C)c1. The number of aliphatic hydroxyl groups is 1. The number of aromatic nitrogens is 1. The summed E-state index contributed by atoms with van der Waals surface area (Å²) in [6.07, 6.45) is 3.03. The van der Waals surface area contributed by atoms with Gasteiger partial charge in [0.05, 0.1) is 31.4 Å². The molecular formula is C22H24N2O5. The van der Waals surface area contributed by atoms with Gasteiger partial charge in [-0.25, -0.2) is 0 Å². The second-order valence-corrected chi connectivity index (χ2v) is 6.92. The van der Waals surface area contributed by atoms with Crippen molar-refractivity contribution in [3.8, 4) is 5.75 Å². The number of carbonyl (C=O) groups is 2. The number of ether oxygens (including phenoxy) is 2. The van der Waals surface area contributed by atoms with Gasteiger partial charge in [0.25, 0.3) is 11.7 Å². The Balaban J connectivity index is 2.09. The zero-order valence-corrected chi connectivity index (χ0v) is 16.7. The number of rotatable bonds is 7. The molecular weight excluding hydrogens is 372 g/mol. The second kappa shape index (κ2) is 8.87. The van der Waals surface area contributed by atoms with Gasteiger partial charge in [-0.05, 0) is 43.7 Å². The van der Waals surface area contributed by atoms with E-state index in [0.717, 1.165) is 0 Å². The number of nitrogens with zero attached hydrogens (tertiary/aromatic N) is 2. The zero-order valence-electron chi connectivity index (χ0n) is 16.7. The van der Waals surface area contributed by atoms with E-state index in [1.807, 2.05) is 13.8 Å². The lowest BCUT2D eigenvalue weighted by atomic mass is 9.95. The van der Waals surface area contributed by atoms with Gasteiger partial charge in [0.1, 0.15) is 11.5 Å².